The lowest BCUT2D eigenvalue weighted by atomic mass is 9.84. The molecule has 13 heteroatoms. The summed E-state index contributed by atoms with van der Waals surface area (Å²) in [6, 6.07) is 27.3. The third kappa shape index (κ3) is 8.73. The highest BCUT2D eigenvalue weighted by Gasteiger charge is 2.54. The number of benzene rings is 3. The maximum absolute atomic E-state index is 10.9. The van der Waals surface area contributed by atoms with Crippen molar-refractivity contribution in [3.63, 3.8) is 0 Å². The van der Waals surface area contributed by atoms with Gasteiger partial charge >= 0.3 is 0 Å². The second-order valence-corrected chi connectivity index (χ2v) is 11.5. The molecule has 5 rings (SSSR count). The topological polar surface area (TPSA) is 185 Å². The smallest absolute Gasteiger partial charge is 0.169 e. The molecular formula is C34H41N3O10. The molecular weight excluding hydrogens is 610 g/mol. The van der Waals surface area contributed by atoms with Gasteiger partial charge in [0, 0.05) is 12.0 Å². The Bertz CT molecular complexity index is 1390. The van der Waals surface area contributed by atoms with Gasteiger partial charge in [-0.05, 0) is 22.2 Å². The van der Waals surface area contributed by atoms with Crippen molar-refractivity contribution < 1.29 is 48.8 Å². The molecule has 2 unspecified atom stereocenters. The summed E-state index contributed by atoms with van der Waals surface area (Å²) < 4.78 is 36.5. The van der Waals surface area contributed by atoms with E-state index < -0.39 is 67.3 Å². The quantitative estimate of drug-likeness (QED) is 0.115. The van der Waals surface area contributed by atoms with Gasteiger partial charge in [-0.25, -0.2) is 0 Å². The summed E-state index contributed by atoms with van der Waals surface area (Å²) in [4.78, 5) is 3.04. The van der Waals surface area contributed by atoms with Crippen LogP contribution >= 0.6 is 0 Å². The van der Waals surface area contributed by atoms with Crippen LogP contribution in [0.15, 0.2) is 96.1 Å². The van der Waals surface area contributed by atoms with Gasteiger partial charge in [0.2, 0.25) is 0 Å². The van der Waals surface area contributed by atoms with E-state index in [4.69, 9.17) is 28.4 Å². The number of aliphatic hydroxyl groups excluding tert-OH is 4. The van der Waals surface area contributed by atoms with Crippen LogP contribution in [0, 0.1) is 0 Å². The molecule has 1 saturated heterocycles. The monoisotopic (exact) mass is 651 g/mol. The maximum Gasteiger partial charge on any atom is 0.169 e. The number of nitrogens with zero attached hydrogens (tertiary/aromatic N) is 3. The van der Waals surface area contributed by atoms with Gasteiger partial charge in [-0.2, -0.15) is 0 Å². The molecule has 1 saturated carbocycles. The van der Waals surface area contributed by atoms with Gasteiger partial charge in [0.25, 0.3) is 0 Å². The van der Waals surface area contributed by atoms with Gasteiger partial charge in [0.15, 0.2) is 6.29 Å². The predicted octanol–water partition coefficient (Wildman–Crippen LogP) is 2.64. The fourth-order valence-electron chi connectivity index (χ4n) is 5.89. The second kappa shape index (κ2) is 17.1. The molecule has 3 aromatic rings. The van der Waals surface area contributed by atoms with Crippen molar-refractivity contribution in [3.8, 4) is 0 Å². The third-order valence-electron chi connectivity index (χ3n) is 8.37. The fourth-order valence-corrected chi connectivity index (χ4v) is 5.89. The molecule has 1 aliphatic heterocycles. The molecule has 0 spiro atoms. The zero-order valence-corrected chi connectivity index (χ0v) is 25.9. The molecule has 1 heterocycles. The summed E-state index contributed by atoms with van der Waals surface area (Å²) in [6.45, 7) is 0.583. The minimum absolute atomic E-state index is 0.00910. The maximum atomic E-state index is 10.9. The fraction of sp³-hybridized carbons (Fsp3) is 0.471. The first-order valence-corrected chi connectivity index (χ1v) is 15.4. The molecule has 0 amide bonds. The van der Waals surface area contributed by atoms with Crippen molar-refractivity contribution in [1.29, 1.82) is 0 Å². The summed E-state index contributed by atoms with van der Waals surface area (Å²) >= 11 is 0. The SMILES string of the molecule is COC1[C@@H](O)[C@@H](O)C(O[C@@H]2O[C@H](COCc3ccccc3)[C@@H](OCc3ccccc3)[C@H](OCc3ccccc3)[C@H]2N=[N+]=[N-])[C@H](O)[C@H]1O. The van der Waals surface area contributed by atoms with E-state index in [-0.39, 0.29) is 26.4 Å². The Kier molecular flexibility index (Phi) is 12.7. The van der Waals surface area contributed by atoms with Crippen LogP contribution in [0.1, 0.15) is 16.7 Å². The molecule has 1 aliphatic carbocycles. The average Bonchev–Trinajstić information content (AvgIpc) is 3.10. The molecule has 0 radical (unpaired) electrons. The van der Waals surface area contributed by atoms with E-state index >= 15 is 0 Å². The normalized spacial score (nSPS) is 32.4. The molecule has 3 aromatic carbocycles. The molecule has 2 fully saturated rings. The molecule has 4 N–H and O–H groups in total. The van der Waals surface area contributed by atoms with Crippen LogP contribution in [0.3, 0.4) is 0 Å². The highest BCUT2D eigenvalue weighted by Crippen LogP contribution is 2.34. The lowest BCUT2D eigenvalue weighted by Gasteiger charge is -2.48. The molecule has 252 valence electrons. The van der Waals surface area contributed by atoms with Crippen LogP contribution in [-0.2, 0) is 48.2 Å². The van der Waals surface area contributed by atoms with Crippen LogP contribution in [0.25, 0.3) is 10.4 Å². The zero-order chi connectivity index (χ0) is 33.2. The van der Waals surface area contributed by atoms with E-state index in [0.717, 1.165) is 16.7 Å². The van der Waals surface area contributed by atoms with Crippen molar-refractivity contribution in [2.75, 3.05) is 13.7 Å². The Morgan fingerprint density at radius 1 is 0.660 bits per heavy atom. The third-order valence-corrected chi connectivity index (χ3v) is 8.37. The molecule has 0 aromatic heterocycles. The first-order chi connectivity index (χ1) is 22.9. The lowest BCUT2D eigenvalue weighted by molar-refractivity contribution is -0.327. The number of rotatable bonds is 14. The van der Waals surface area contributed by atoms with Gasteiger partial charge in [-0.15, -0.1) is 0 Å². The van der Waals surface area contributed by atoms with Gasteiger partial charge in [0.05, 0.1) is 26.4 Å². The summed E-state index contributed by atoms with van der Waals surface area (Å²) in [5, 5.41) is 47.1. The number of azide groups is 1. The van der Waals surface area contributed by atoms with E-state index in [9.17, 15) is 26.0 Å². The van der Waals surface area contributed by atoms with E-state index in [0.29, 0.717) is 0 Å². The molecule has 13 nitrogen and oxygen atoms in total. The highest BCUT2D eigenvalue weighted by atomic mass is 16.7. The highest BCUT2D eigenvalue weighted by molar-refractivity contribution is 5.16. The Labute approximate surface area is 272 Å². The average molecular weight is 652 g/mol. The first-order valence-electron chi connectivity index (χ1n) is 15.4. The Morgan fingerprint density at radius 2 is 1.13 bits per heavy atom. The second-order valence-electron chi connectivity index (χ2n) is 11.5. The summed E-state index contributed by atoms with van der Waals surface area (Å²) in [5.41, 5.74) is 12.3. The van der Waals surface area contributed by atoms with Crippen LogP contribution in [0.4, 0.5) is 0 Å². The minimum atomic E-state index is -1.68. The van der Waals surface area contributed by atoms with E-state index in [2.05, 4.69) is 10.0 Å². The summed E-state index contributed by atoms with van der Waals surface area (Å²) in [5.74, 6) is 0. The van der Waals surface area contributed by atoms with Crippen LogP contribution in [0.5, 0.6) is 0 Å². The number of hydrogen-bond acceptors (Lipinski definition) is 11. The molecule has 2 aliphatic rings. The van der Waals surface area contributed by atoms with Crippen molar-refractivity contribution in [1.82, 2.24) is 0 Å². The number of methoxy groups -OCH3 is 1. The van der Waals surface area contributed by atoms with Gasteiger partial charge in [0.1, 0.15) is 61.0 Å². The van der Waals surface area contributed by atoms with Gasteiger partial charge in [-0.1, -0.05) is 96.1 Å². The van der Waals surface area contributed by atoms with Crippen molar-refractivity contribution in [2.24, 2.45) is 5.11 Å². The van der Waals surface area contributed by atoms with Crippen LogP contribution in [0.2, 0.25) is 0 Å². The standard InChI is InChI=1S/C34H41N3O10/c1-42-32-26(38)28(40)33(29(41)27(32)39)47-34-25(36-37-35)31(45-19-23-15-9-4-10-16-23)30(44-18-22-13-7-3-8-14-22)24(46-34)20-43-17-21-11-5-2-6-12-21/h2-16,24-34,38-41H,17-20H2,1H3/t24-,25-,26-,27+,28-,29-,30-,31-,32?,33?,34+/m1/s1. The molecule has 47 heavy (non-hydrogen) atoms. The minimum Gasteiger partial charge on any atom is -0.387 e. The van der Waals surface area contributed by atoms with E-state index in [1.165, 1.54) is 7.11 Å². The van der Waals surface area contributed by atoms with Gasteiger partial charge < -0.3 is 48.8 Å². The number of hydrogen-bond donors (Lipinski definition) is 4. The van der Waals surface area contributed by atoms with Gasteiger partial charge in [-0.3, -0.25) is 0 Å². The van der Waals surface area contributed by atoms with E-state index in [1.807, 2.05) is 91.0 Å². The van der Waals surface area contributed by atoms with Crippen molar-refractivity contribution >= 4 is 0 Å². The van der Waals surface area contributed by atoms with Crippen molar-refractivity contribution in [2.45, 2.75) is 87.1 Å². The molecule has 11 atom stereocenters. The van der Waals surface area contributed by atoms with Crippen molar-refractivity contribution in [3.05, 3.63) is 118 Å². The summed E-state index contributed by atoms with van der Waals surface area (Å²) in [7, 11) is 1.24. The van der Waals surface area contributed by atoms with Crippen LogP contribution < -0.4 is 0 Å². The van der Waals surface area contributed by atoms with E-state index in [1.54, 1.807) is 0 Å². The Balaban J connectivity index is 1.45. The largest absolute Gasteiger partial charge is 0.387 e. The van der Waals surface area contributed by atoms with Crippen LogP contribution in [-0.4, -0.2) is 101 Å². The zero-order valence-electron chi connectivity index (χ0n) is 25.9. The molecule has 0 bridgehead atoms. The Morgan fingerprint density at radius 3 is 1.62 bits per heavy atom. The lowest BCUT2D eigenvalue weighted by Crippen LogP contribution is -2.67. The predicted molar refractivity (Wildman–Crippen MR) is 167 cm³/mol. The Hall–Kier alpha value is -3.43. The summed E-state index contributed by atoms with van der Waals surface area (Å²) in [6.07, 6.45) is -13.4. The first kappa shape index (κ1) is 34.9. The number of aliphatic hydroxyl groups is 4. The number of ether oxygens (including phenoxy) is 6.